The van der Waals surface area contributed by atoms with Gasteiger partial charge in [-0.05, 0) is 12.1 Å². The van der Waals surface area contributed by atoms with E-state index < -0.39 is 5.82 Å². The van der Waals surface area contributed by atoms with Crippen LogP contribution in [0.4, 0.5) is 10.1 Å². The number of nitrogens with two attached hydrogens (primary N) is 1. The summed E-state index contributed by atoms with van der Waals surface area (Å²) >= 11 is 0. The molecular weight excluding hydrogens is 147 g/mol. The lowest BCUT2D eigenvalue weighted by Crippen LogP contribution is -1.86. The zero-order valence-electron chi connectivity index (χ0n) is 5.66. The molecule has 3 N–H and O–H groups in total. The van der Waals surface area contributed by atoms with E-state index in [2.05, 4.69) is 4.99 Å². The Labute approximate surface area is 63.0 Å². The predicted octanol–water partition coefficient (Wildman–Crippen LogP) is 1.15. The van der Waals surface area contributed by atoms with Gasteiger partial charge in [0.2, 0.25) is 0 Å². The molecule has 0 aromatic heterocycles. The number of aromatic hydroxyl groups is 1. The Bertz CT molecular complexity index is 286. The molecule has 11 heavy (non-hydrogen) atoms. The van der Waals surface area contributed by atoms with Gasteiger partial charge in [0.15, 0.2) is 11.6 Å². The first-order valence-corrected chi connectivity index (χ1v) is 2.97. The molecule has 0 aliphatic rings. The summed E-state index contributed by atoms with van der Waals surface area (Å²) in [4.78, 5) is 3.61. The first-order chi connectivity index (χ1) is 5.24. The fourth-order valence-electron chi connectivity index (χ4n) is 0.662. The van der Waals surface area contributed by atoms with Crippen LogP contribution in [-0.2, 0) is 0 Å². The number of hydrogen-bond acceptors (Lipinski definition) is 2. The number of phenolic OH excluding ortho intramolecular Hbond substituents is 1. The second kappa shape index (κ2) is 3.01. The zero-order chi connectivity index (χ0) is 8.27. The van der Waals surface area contributed by atoms with Crippen LogP contribution in [0.25, 0.3) is 0 Å². The largest absolute Gasteiger partial charge is 0.505 e. The monoisotopic (exact) mass is 154 g/mol. The van der Waals surface area contributed by atoms with Gasteiger partial charge in [-0.3, -0.25) is 0 Å². The maximum absolute atomic E-state index is 12.5. The van der Waals surface area contributed by atoms with Crippen LogP contribution < -0.4 is 5.73 Å². The summed E-state index contributed by atoms with van der Waals surface area (Å²) in [6.45, 7) is 0. The van der Waals surface area contributed by atoms with Crippen molar-refractivity contribution >= 4 is 12.0 Å². The van der Waals surface area contributed by atoms with Crippen molar-refractivity contribution < 1.29 is 9.50 Å². The van der Waals surface area contributed by atoms with Crippen LogP contribution in [-0.4, -0.2) is 11.4 Å². The number of benzene rings is 1. The van der Waals surface area contributed by atoms with Crippen LogP contribution in [0.3, 0.4) is 0 Å². The van der Waals surface area contributed by atoms with Gasteiger partial charge in [-0.25, -0.2) is 9.38 Å². The highest BCUT2D eigenvalue weighted by Crippen LogP contribution is 2.20. The Morgan fingerprint density at radius 2 is 2.27 bits per heavy atom. The molecule has 58 valence electrons. The molecule has 0 saturated carbocycles. The van der Waals surface area contributed by atoms with E-state index >= 15 is 0 Å². The van der Waals surface area contributed by atoms with Crippen molar-refractivity contribution in [2.24, 2.45) is 10.7 Å². The van der Waals surface area contributed by atoms with Crippen molar-refractivity contribution in [2.75, 3.05) is 0 Å². The molecule has 1 aromatic carbocycles. The zero-order valence-corrected chi connectivity index (χ0v) is 5.66. The minimum absolute atomic E-state index is 0.378. The molecule has 0 radical (unpaired) electrons. The van der Waals surface area contributed by atoms with E-state index in [4.69, 9.17) is 10.8 Å². The lowest BCUT2D eigenvalue weighted by molar-refractivity contribution is 0.432. The van der Waals surface area contributed by atoms with E-state index in [1.165, 1.54) is 12.1 Å². The molecular formula is C7H7FN2O. The molecule has 0 aliphatic heterocycles. The van der Waals surface area contributed by atoms with E-state index in [-0.39, 0.29) is 5.75 Å². The molecule has 0 aliphatic carbocycles. The van der Waals surface area contributed by atoms with Gasteiger partial charge < -0.3 is 10.8 Å². The van der Waals surface area contributed by atoms with Crippen molar-refractivity contribution in [1.29, 1.82) is 0 Å². The Hall–Kier alpha value is -1.58. The molecule has 0 fully saturated rings. The minimum Gasteiger partial charge on any atom is -0.505 e. The summed E-state index contributed by atoms with van der Waals surface area (Å²) in [5.74, 6) is -1.09. The van der Waals surface area contributed by atoms with Gasteiger partial charge in [0.05, 0.1) is 12.0 Å². The van der Waals surface area contributed by atoms with Crippen LogP contribution in [0.1, 0.15) is 0 Å². The summed E-state index contributed by atoms with van der Waals surface area (Å²) in [6.07, 6.45) is 1.06. The fourth-order valence-corrected chi connectivity index (χ4v) is 0.662. The molecule has 0 heterocycles. The van der Waals surface area contributed by atoms with E-state index in [9.17, 15) is 4.39 Å². The number of phenols is 1. The maximum atomic E-state index is 12.5. The molecule has 0 bridgehead atoms. The van der Waals surface area contributed by atoms with Crippen molar-refractivity contribution in [3.8, 4) is 5.75 Å². The second-order valence-corrected chi connectivity index (χ2v) is 1.91. The van der Waals surface area contributed by atoms with E-state index in [0.29, 0.717) is 5.69 Å². The molecule has 3 nitrogen and oxygen atoms in total. The molecule has 0 atom stereocenters. The van der Waals surface area contributed by atoms with Gasteiger partial charge in [-0.2, -0.15) is 0 Å². The van der Waals surface area contributed by atoms with Crippen LogP contribution in [0, 0.1) is 5.82 Å². The summed E-state index contributed by atoms with van der Waals surface area (Å²) in [5, 5.41) is 8.75. The smallest absolute Gasteiger partial charge is 0.166 e. The maximum Gasteiger partial charge on any atom is 0.166 e. The molecule has 1 rings (SSSR count). The van der Waals surface area contributed by atoms with E-state index in [0.717, 1.165) is 12.4 Å². The van der Waals surface area contributed by atoms with Crippen molar-refractivity contribution in [1.82, 2.24) is 0 Å². The van der Waals surface area contributed by atoms with Crippen molar-refractivity contribution in [3.05, 3.63) is 24.0 Å². The van der Waals surface area contributed by atoms with E-state index in [1.54, 1.807) is 0 Å². The molecule has 0 saturated heterocycles. The van der Waals surface area contributed by atoms with Gasteiger partial charge in [-0.15, -0.1) is 0 Å². The Balaban J connectivity index is 3.05. The third kappa shape index (κ3) is 1.67. The molecule has 4 heteroatoms. The summed E-state index contributed by atoms with van der Waals surface area (Å²) in [7, 11) is 0. The second-order valence-electron chi connectivity index (χ2n) is 1.91. The average Bonchev–Trinajstić information content (AvgIpc) is 1.98. The summed E-state index contributed by atoms with van der Waals surface area (Å²) in [5.41, 5.74) is 5.35. The highest BCUT2D eigenvalue weighted by Gasteiger charge is 1.98. The van der Waals surface area contributed by atoms with Crippen molar-refractivity contribution in [3.63, 3.8) is 0 Å². The molecule has 0 unspecified atom stereocenters. The van der Waals surface area contributed by atoms with Gasteiger partial charge in [0, 0.05) is 6.07 Å². The van der Waals surface area contributed by atoms with Gasteiger partial charge >= 0.3 is 0 Å². The van der Waals surface area contributed by atoms with Crippen LogP contribution in [0.5, 0.6) is 5.75 Å². The van der Waals surface area contributed by atoms with E-state index in [1.807, 2.05) is 0 Å². The number of halogens is 1. The third-order valence-electron chi connectivity index (χ3n) is 1.15. The summed E-state index contributed by atoms with van der Waals surface area (Å²) in [6, 6.07) is 3.78. The van der Waals surface area contributed by atoms with Gasteiger partial charge in [0.25, 0.3) is 0 Å². The van der Waals surface area contributed by atoms with Crippen LogP contribution in [0.15, 0.2) is 23.2 Å². The fraction of sp³-hybridized carbons (Fsp3) is 0. The molecule has 1 aromatic rings. The van der Waals surface area contributed by atoms with Crippen molar-refractivity contribution in [2.45, 2.75) is 0 Å². The van der Waals surface area contributed by atoms with Gasteiger partial charge in [0.1, 0.15) is 0 Å². The average molecular weight is 154 g/mol. The first-order valence-electron chi connectivity index (χ1n) is 2.97. The summed E-state index contributed by atoms with van der Waals surface area (Å²) < 4.78 is 12.5. The van der Waals surface area contributed by atoms with Gasteiger partial charge in [-0.1, -0.05) is 0 Å². The first kappa shape index (κ1) is 7.53. The van der Waals surface area contributed by atoms with Crippen LogP contribution in [0.2, 0.25) is 0 Å². The number of aliphatic imine (C=N–C) groups is 1. The predicted molar refractivity (Wildman–Crippen MR) is 40.4 cm³/mol. The lowest BCUT2D eigenvalue weighted by Gasteiger charge is -1.94. The quantitative estimate of drug-likeness (QED) is 0.471. The Kier molecular flexibility index (Phi) is 2.06. The highest BCUT2D eigenvalue weighted by molar-refractivity contribution is 5.59. The normalized spacial score (nSPS) is 10.6. The topological polar surface area (TPSA) is 58.6 Å². The standard InChI is InChI=1S/C7H7FN2O/c8-6-3-5(10-4-9)1-2-7(6)11/h1-4,11H,(H2,9,10). The molecule has 0 amide bonds. The SMILES string of the molecule is NC=Nc1ccc(O)c(F)c1. The molecule has 0 spiro atoms. The lowest BCUT2D eigenvalue weighted by atomic mass is 10.3. The number of rotatable bonds is 1. The van der Waals surface area contributed by atoms with Crippen LogP contribution >= 0.6 is 0 Å². The third-order valence-corrected chi connectivity index (χ3v) is 1.15. The number of nitrogens with zero attached hydrogens (tertiary/aromatic N) is 1. The Morgan fingerprint density at radius 1 is 1.55 bits per heavy atom. The minimum atomic E-state index is -0.701. The Morgan fingerprint density at radius 3 is 2.82 bits per heavy atom. The highest BCUT2D eigenvalue weighted by atomic mass is 19.1. The number of hydrogen-bond donors (Lipinski definition) is 2.